The van der Waals surface area contributed by atoms with Gasteiger partial charge < -0.3 is 0 Å². The molecule has 0 radical (unpaired) electrons. The van der Waals surface area contributed by atoms with Gasteiger partial charge in [-0.15, -0.1) is 0 Å². The molecule has 0 saturated heterocycles. The van der Waals surface area contributed by atoms with Gasteiger partial charge in [-0.25, -0.2) is 10.1 Å². The van der Waals surface area contributed by atoms with Gasteiger partial charge in [0.2, 0.25) is 0 Å². The molecule has 2 heterocycles. The molecular formula is C25H18N4O2S. The molecule has 0 aliphatic rings. The lowest BCUT2D eigenvalue weighted by atomic mass is 9.95. The molecule has 2 N–H and O–H groups in total. The van der Waals surface area contributed by atoms with Crippen LogP contribution in [0.5, 0.6) is 0 Å². The highest BCUT2D eigenvalue weighted by atomic mass is 32.1. The molecule has 0 saturated carbocycles. The number of aryl methyl sites for hydroxylation is 1. The minimum atomic E-state index is -0.557. The standard InChI is InChI=1S/C25H18N4O2S/c1-15-12-13-18-19(14-15)32-25(26-18)27-23(30)21-20(16-8-4-2-5-9-16)22(28-29-24(21)31)17-10-6-3-7-11-17/h2-14H,1H3,(H,29,31)(H,26,27,30). The summed E-state index contributed by atoms with van der Waals surface area (Å²) in [7, 11) is 0. The minimum Gasteiger partial charge on any atom is -0.298 e. The van der Waals surface area contributed by atoms with Crippen LogP contribution in [0.1, 0.15) is 15.9 Å². The fourth-order valence-corrected chi connectivity index (χ4v) is 4.56. The topological polar surface area (TPSA) is 87.7 Å². The van der Waals surface area contributed by atoms with Crippen LogP contribution in [0.3, 0.4) is 0 Å². The molecule has 0 spiro atoms. The molecule has 3 aromatic carbocycles. The summed E-state index contributed by atoms with van der Waals surface area (Å²) in [6.07, 6.45) is 0. The number of hydrogen-bond donors (Lipinski definition) is 2. The van der Waals surface area contributed by atoms with E-state index in [0.717, 1.165) is 26.9 Å². The van der Waals surface area contributed by atoms with Crippen molar-refractivity contribution in [3.05, 3.63) is 100 Å². The Morgan fingerprint density at radius 3 is 2.34 bits per heavy atom. The maximum Gasteiger partial charge on any atom is 0.277 e. The molecule has 0 fully saturated rings. The van der Waals surface area contributed by atoms with Gasteiger partial charge in [0.25, 0.3) is 11.5 Å². The average molecular weight is 439 g/mol. The van der Waals surface area contributed by atoms with Crippen LogP contribution in [0.2, 0.25) is 0 Å². The van der Waals surface area contributed by atoms with E-state index in [2.05, 4.69) is 20.5 Å². The number of fused-ring (bicyclic) bond motifs is 1. The SMILES string of the molecule is Cc1ccc2nc(NC(=O)c3c(-c4ccccc4)c(-c4ccccc4)n[nH]c3=O)sc2c1. The van der Waals surface area contributed by atoms with Gasteiger partial charge in [-0.2, -0.15) is 5.10 Å². The van der Waals surface area contributed by atoms with E-state index in [1.807, 2.05) is 85.8 Å². The highest BCUT2D eigenvalue weighted by molar-refractivity contribution is 7.22. The predicted molar refractivity (Wildman–Crippen MR) is 128 cm³/mol. The van der Waals surface area contributed by atoms with Crippen LogP contribution >= 0.6 is 11.3 Å². The largest absolute Gasteiger partial charge is 0.298 e. The number of aromatic amines is 1. The predicted octanol–water partition coefficient (Wildman–Crippen LogP) is 5.27. The van der Waals surface area contributed by atoms with Crippen LogP contribution in [0.25, 0.3) is 32.6 Å². The van der Waals surface area contributed by atoms with Gasteiger partial charge in [0.15, 0.2) is 5.13 Å². The van der Waals surface area contributed by atoms with Crippen molar-refractivity contribution in [3.63, 3.8) is 0 Å². The molecule has 156 valence electrons. The van der Waals surface area contributed by atoms with Crippen LogP contribution in [-0.2, 0) is 0 Å². The van der Waals surface area contributed by atoms with E-state index < -0.39 is 11.5 Å². The number of thiazole rings is 1. The zero-order valence-corrected chi connectivity index (χ0v) is 17.9. The minimum absolute atomic E-state index is 0.000453. The Kier molecular flexibility index (Phi) is 5.09. The summed E-state index contributed by atoms with van der Waals surface area (Å²) >= 11 is 1.37. The number of carbonyl (C=O) groups is 1. The quantitative estimate of drug-likeness (QED) is 0.400. The highest BCUT2D eigenvalue weighted by Gasteiger charge is 2.23. The van der Waals surface area contributed by atoms with E-state index in [1.54, 1.807) is 0 Å². The van der Waals surface area contributed by atoms with Crippen molar-refractivity contribution in [1.82, 2.24) is 15.2 Å². The Labute approximate surface area is 187 Å². The number of aromatic nitrogens is 3. The molecule has 5 rings (SSSR count). The van der Waals surface area contributed by atoms with Crippen molar-refractivity contribution in [2.45, 2.75) is 6.92 Å². The van der Waals surface area contributed by atoms with Crippen LogP contribution in [0.15, 0.2) is 83.7 Å². The third kappa shape index (κ3) is 3.70. The Morgan fingerprint density at radius 2 is 1.62 bits per heavy atom. The maximum absolute atomic E-state index is 13.4. The van der Waals surface area contributed by atoms with E-state index in [9.17, 15) is 9.59 Å². The summed E-state index contributed by atoms with van der Waals surface area (Å²) in [4.78, 5) is 30.7. The van der Waals surface area contributed by atoms with Gasteiger partial charge in [0, 0.05) is 11.1 Å². The van der Waals surface area contributed by atoms with Gasteiger partial charge in [0.05, 0.1) is 15.9 Å². The van der Waals surface area contributed by atoms with Crippen molar-refractivity contribution in [3.8, 4) is 22.4 Å². The first-order valence-electron chi connectivity index (χ1n) is 10.0. The van der Waals surface area contributed by atoms with E-state index in [4.69, 9.17) is 0 Å². The number of amides is 1. The Balaban J connectivity index is 1.65. The molecule has 2 aromatic heterocycles. The molecule has 0 bridgehead atoms. The summed E-state index contributed by atoms with van der Waals surface area (Å²) in [6.45, 7) is 2.01. The first-order valence-corrected chi connectivity index (χ1v) is 10.8. The number of carbonyl (C=O) groups excluding carboxylic acids is 1. The summed E-state index contributed by atoms with van der Waals surface area (Å²) in [6, 6.07) is 24.7. The lowest BCUT2D eigenvalue weighted by Gasteiger charge is -2.13. The maximum atomic E-state index is 13.4. The average Bonchev–Trinajstić information content (AvgIpc) is 3.21. The molecule has 0 aliphatic carbocycles. The first kappa shape index (κ1) is 19.8. The molecule has 7 heteroatoms. The number of nitrogens with zero attached hydrogens (tertiary/aromatic N) is 2. The van der Waals surface area contributed by atoms with E-state index in [-0.39, 0.29) is 5.56 Å². The second-order valence-corrected chi connectivity index (χ2v) is 8.36. The number of H-pyrrole nitrogens is 1. The van der Waals surface area contributed by atoms with Gasteiger partial charge in [-0.1, -0.05) is 78.1 Å². The fraction of sp³-hybridized carbons (Fsp3) is 0.0400. The second kappa shape index (κ2) is 8.20. The monoisotopic (exact) mass is 438 g/mol. The number of benzene rings is 3. The molecule has 1 amide bonds. The van der Waals surface area contributed by atoms with E-state index in [0.29, 0.717) is 16.4 Å². The van der Waals surface area contributed by atoms with Crippen LogP contribution in [0, 0.1) is 6.92 Å². The lowest BCUT2D eigenvalue weighted by Crippen LogP contribution is -2.26. The van der Waals surface area contributed by atoms with Crippen molar-refractivity contribution in [2.75, 3.05) is 5.32 Å². The van der Waals surface area contributed by atoms with Crippen molar-refractivity contribution in [2.24, 2.45) is 0 Å². The third-order valence-electron chi connectivity index (χ3n) is 5.08. The van der Waals surface area contributed by atoms with Gasteiger partial charge >= 0.3 is 0 Å². The highest BCUT2D eigenvalue weighted by Crippen LogP contribution is 2.32. The summed E-state index contributed by atoms with van der Waals surface area (Å²) in [5.74, 6) is -0.527. The summed E-state index contributed by atoms with van der Waals surface area (Å²) < 4.78 is 0.970. The van der Waals surface area contributed by atoms with E-state index in [1.165, 1.54) is 11.3 Å². The zero-order chi connectivity index (χ0) is 22.1. The Bertz CT molecular complexity index is 1490. The second-order valence-electron chi connectivity index (χ2n) is 7.33. The van der Waals surface area contributed by atoms with Gasteiger partial charge in [0.1, 0.15) is 5.56 Å². The summed E-state index contributed by atoms with van der Waals surface area (Å²) in [5.41, 5.74) is 3.90. The number of rotatable bonds is 4. The van der Waals surface area contributed by atoms with Crippen LogP contribution in [0.4, 0.5) is 5.13 Å². The first-order chi connectivity index (χ1) is 15.6. The Hall–Kier alpha value is -4.10. The number of hydrogen-bond acceptors (Lipinski definition) is 5. The Morgan fingerprint density at radius 1 is 0.938 bits per heavy atom. The lowest BCUT2D eigenvalue weighted by molar-refractivity contribution is 0.102. The number of nitrogens with one attached hydrogen (secondary N) is 2. The van der Waals surface area contributed by atoms with Crippen molar-refractivity contribution in [1.29, 1.82) is 0 Å². The molecule has 0 atom stereocenters. The molecule has 6 nitrogen and oxygen atoms in total. The smallest absolute Gasteiger partial charge is 0.277 e. The van der Waals surface area contributed by atoms with Crippen LogP contribution < -0.4 is 10.9 Å². The molecule has 32 heavy (non-hydrogen) atoms. The fourth-order valence-electron chi connectivity index (χ4n) is 3.60. The van der Waals surface area contributed by atoms with Crippen molar-refractivity contribution >= 4 is 32.6 Å². The normalized spacial score (nSPS) is 10.9. The zero-order valence-electron chi connectivity index (χ0n) is 17.1. The molecular weight excluding hydrogens is 420 g/mol. The molecule has 5 aromatic rings. The van der Waals surface area contributed by atoms with Crippen molar-refractivity contribution < 1.29 is 4.79 Å². The van der Waals surface area contributed by atoms with Gasteiger partial charge in [-0.3, -0.25) is 14.9 Å². The molecule has 0 unspecified atom stereocenters. The van der Waals surface area contributed by atoms with Crippen LogP contribution in [-0.4, -0.2) is 21.1 Å². The van der Waals surface area contributed by atoms with E-state index >= 15 is 0 Å². The molecule has 0 aliphatic heterocycles. The third-order valence-corrected chi connectivity index (χ3v) is 6.02. The summed E-state index contributed by atoms with van der Waals surface area (Å²) in [5, 5.41) is 10.0. The number of anilines is 1. The van der Waals surface area contributed by atoms with Gasteiger partial charge in [-0.05, 0) is 30.2 Å².